The van der Waals surface area contributed by atoms with Gasteiger partial charge in [-0.1, -0.05) is 42.0 Å². The summed E-state index contributed by atoms with van der Waals surface area (Å²) in [6.45, 7) is 4.46. The molecule has 0 amide bonds. The van der Waals surface area contributed by atoms with Crippen LogP contribution in [0.2, 0.25) is 0 Å². The van der Waals surface area contributed by atoms with Gasteiger partial charge >= 0.3 is 0 Å². The highest BCUT2D eigenvalue weighted by molar-refractivity contribution is 5.99. The summed E-state index contributed by atoms with van der Waals surface area (Å²) < 4.78 is 0. The molecule has 0 aromatic heterocycles. The van der Waals surface area contributed by atoms with Crippen LogP contribution in [0, 0.1) is 13.8 Å². The molecule has 0 fully saturated rings. The van der Waals surface area contributed by atoms with Gasteiger partial charge in [-0.05, 0) is 31.5 Å². The van der Waals surface area contributed by atoms with E-state index in [4.69, 9.17) is 0 Å². The second-order valence-corrected chi connectivity index (χ2v) is 4.94. The van der Waals surface area contributed by atoms with E-state index in [1.807, 2.05) is 61.3 Å². The Morgan fingerprint density at radius 2 is 1.79 bits per heavy atom. The van der Waals surface area contributed by atoms with Gasteiger partial charge < -0.3 is 4.90 Å². The number of hydrogen-bond donors (Lipinski definition) is 0. The van der Waals surface area contributed by atoms with Gasteiger partial charge in [0.2, 0.25) is 0 Å². The predicted octanol–water partition coefficient (Wildman–Crippen LogP) is 3.62. The fourth-order valence-electron chi connectivity index (χ4n) is 2.20. The Kier molecular flexibility index (Phi) is 4.00. The lowest BCUT2D eigenvalue weighted by Crippen LogP contribution is -2.26. The lowest BCUT2D eigenvalue weighted by molar-refractivity contribution is 0.100. The number of anilines is 1. The molecule has 0 heterocycles. The maximum absolute atomic E-state index is 12.3. The van der Waals surface area contributed by atoms with Gasteiger partial charge in [-0.3, -0.25) is 4.79 Å². The van der Waals surface area contributed by atoms with Crippen LogP contribution >= 0.6 is 0 Å². The summed E-state index contributed by atoms with van der Waals surface area (Å²) in [5, 5.41) is 0. The largest absolute Gasteiger partial charge is 0.367 e. The normalized spacial score (nSPS) is 10.3. The van der Waals surface area contributed by atoms with Crippen LogP contribution in [0.4, 0.5) is 5.69 Å². The van der Waals surface area contributed by atoms with E-state index in [9.17, 15) is 4.79 Å². The van der Waals surface area contributed by atoms with Gasteiger partial charge in [0.05, 0.1) is 6.54 Å². The molecule has 2 rings (SSSR count). The van der Waals surface area contributed by atoms with E-state index < -0.39 is 0 Å². The summed E-state index contributed by atoms with van der Waals surface area (Å²) in [7, 11) is 1.95. The van der Waals surface area contributed by atoms with Gasteiger partial charge in [-0.15, -0.1) is 0 Å². The SMILES string of the molecule is Cc1cccc(C(=O)CN(C)c2ccccc2C)c1. The molecular formula is C17H19NO. The quantitative estimate of drug-likeness (QED) is 0.776. The van der Waals surface area contributed by atoms with Crippen LogP contribution < -0.4 is 4.90 Å². The monoisotopic (exact) mass is 253 g/mol. The summed E-state index contributed by atoms with van der Waals surface area (Å²) in [4.78, 5) is 14.3. The zero-order valence-corrected chi connectivity index (χ0v) is 11.7. The first kappa shape index (κ1) is 13.3. The minimum absolute atomic E-state index is 0.148. The van der Waals surface area contributed by atoms with Crippen molar-refractivity contribution in [2.24, 2.45) is 0 Å². The van der Waals surface area contributed by atoms with Crippen LogP contribution in [-0.4, -0.2) is 19.4 Å². The molecular weight excluding hydrogens is 234 g/mol. The molecule has 0 radical (unpaired) electrons. The van der Waals surface area contributed by atoms with Crippen molar-refractivity contribution in [3.63, 3.8) is 0 Å². The molecule has 2 nitrogen and oxygen atoms in total. The number of nitrogens with zero attached hydrogens (tertiary/aromatic N) is 1. The molecule has 0 bridgehead atoms. The molecule has 0 unspecified atom stereocenters. The summed E-state index contributed by atoms with van der Waals surface area (Å²) >= 11 is 0. The van der Waals surface area contributed by atoms with Gasteiger partial charge in [-0.2, -0.15) is 0 Å². The first-order valence-electron chi connectivity index (χ1n) is 6.44. The second kappa shape index (κ2) is 5.70. The number of carbonyl (C=O) groups excluding carboxylic acids is 1. The number of hydrogen-bond acceptors (Lipinski definition) is 2. The van der Waals surface area contributed by atoms with Crippen molar-refractivity contribution in [1.82, 2.24) is 0 Å². The van der Waals surface area contributed by atoms with Crippen molar-refractivity contribution in [3.8, 4) is 0 Å². The average molecular weight is 253 g/mol. The number of ketones is 1. The molecule has 0 spiro atoms. The number of para-hydroxylation sites is 1. The maximum atomic E-state index is 12.3. The number of aryl methyl sites for hydroxylation is 2. The third-order valence-electron chi connectivity index (χ3n) is 3.25. The van der Waals surface area contributed by atoms with Crippen LogP contribution in [-0.2, 0) is 0 Å². The smallest absolute Gasteiger partial charge is 0.182 e. The van der Waals surface area contributed by atoms with E-state index in [0.717, 1.165) is 16.8 Å². The predicted molar refractivity (Wildman–Crippen MR) is 80.0 cm³/mol. The van der Waals surface area contributed by atoms with Gasteiger partial charge in [0.15, 0.2) is 5.78 Å². The number of carbonyl (C=O) groups is 1. The first-order valence-corrected chi connectivity index (χ1v) is 6.44. The molecule has 0 saturated carbocycles. The molecule has 0 aliphatic heterocycles. The Hall–Kier alpha value is -2.09. The molecule has 2 heteroatoms. The lowest BCUT2D eigenvalue weighted by atomic mass is 10.1. The Balaban J connectivity index is 2.13. The van der Waals surface area contributed by atoms with Crippen molar-refractivity contribution in [2.45, 2.75) is 13.8 Å². The van der Waals surface area contributed by atoms with E-state index in [2.05, 4.69) is 13.0 Å². The number of likely N-dealkylation sites (N-methyl/N-ethyl adjacent to an activating group) is 1. The first-order chi connectivity index (χ1) is 9.08. The maximum Gasteiger partial charge on any atom is 0.182 e. The molecule has 0 saturated heterocycles. The van der Waals surface area contributed by atoms with Crippen molar-refractivity contribution in [2.75, 3.05) is 18.5 Å². The summed E-state index contributed by atoms with van der Waals surface area (Å²) in [5.41, 5.74) is 4.18. The van der Waals surface area contributed by atoms with Crippen LogP contribution in [0.1, 0.15) is 21.5 Å². The fourth-order valence-corrected chi connectivity index (χ4v) is 2.20. The molecule has 2 aromatic carbocycles. The number of benzene rings is 2. The number of Topliss-reactive ketones (excluding diaryl/α,β-unsaturated/α-hetero) is 1. The minimum Gasteiger partial charge on any atom is -0.367 e. The lowest BCUT2D eigenvalue weighted by Gasteiger charge is -2.20. The Morgan fingerprint density at radius 3 is 2.47 bits per heavy atom. The molecule has 2 aromatic rings. The zero-order valence-electron chi connectivity index (χ0n) is 11.7. The van der Waals surface area contributed by atoms with E-state index >= 15 is 0 Å². The fraction of sp³-hybridized carbons (Fsp3) is 0.235. The molecule has 0 N–H and O–H groups in total. The van der Waals surface area contributed by atoms with Gasteiger partial charge in [-0.25, -0.2) is 0 Å². The average Bonchev–Trinajstić information content (AvgIpc) is 2.39. The van der Waals surface area contributed by atoms with E-state index in [0.29, 0.717) is 6.54 Å². The highest BCUT2D eigenvalue weighted by Crippen LogP contribution is 2.18. The van der Waals surface area contributed by atoms with Crippen LogP contribution in [0.3, 0.4) is 0 Å². The minimum atomic E-state index is 0.148. The highest BCUT2D eigenvalue weighted by atomic mass is 16.1. The molecule has 0 atom stereocenters. The van der Waals surface area contributed by atoms with Crippen LogP contribution in [0.25, 0.3) is 0 Å². The number of rotatable bonds is 4. The van der Waals surface area contributed by atoms with Gasteiger partial charge in [0.25, 0.3) is 0 Å². The topological polar surface area (TPSA) is 20.3 Å². The molecule has 0 aliphatic rings. The Morgan fingerprint density at radius 1 is 1.05 bits per heavy atom. The molecule has 0 aliphatic carbocycles. The molecule has 98 valence electrons. The van der Waals surface area contributed by atoms with Crippen molar-refractivity contribution in [1.29, 1.82) is 0 Å². The highest BCUT2D eigenvalue weighted by Gasteiger charge is 2.11. The van der Waals surface area contributed by atoms with Crippen molar-refractivity contribution >= 4 is 11.5 Å². The van der Waals surface area contributed by atoms with E-state index in [1.165, 1.54) is 5.56 Å². The Bertz CT molecular complexity index is 589. The summed E-state index contributed by atoms with van der Waals surface area (Å²) in [6, 6.07) is 15.8. The standard InChI is InChI=1S/C17H19NO/c1-13-7-6-9-15(11-13)17(19)12-18(3)16-10-5-4-8-14(16)2/h4-11H,12H2,1-3H3. The third-order valence-corrected chi connectivity index (χ3v) is 3.25. The van der Waals surface area contributed by atoms with Crippen molar-refractivity contribution < 1.29 is 4.79 Å². The third kappa shape index (κ3) is 3.22. The molecule has 19 heavy (non-hydrogen) atoms. The summed E-state index contributed by atoms with van der Waals surface area (Å²) in [6.07, 6.45) is 0. The summed E-state index contributed by atoms with van der Waals surface area (Å²) in [5.74, 6) is 0.148. The van der Waals surface area contributed by atoms with E-state index in [1.54, 1.807) is 0 Å². The van der Waals surface area contributed by atoms with Gasteiger partial charge in [0, 0.05) is 18.3 Å². The zero-order chi connectivity index (χ0) is 13.8. The van der Waals surface area contributed by atoms with Crippen molar-refractivity contribution in [3.05, 3.63) is 65.2 Å². The Labute approximate surface area is 114 Å². The second-order valence-electron chi connectivity index (χ2n) is 4.94. The van der Waals surface area contributed by atoms with E-state index in [-0.39, 0.29) is 5.78 Å². The van der Waals surface area contributed by atoms with Crippen LogP contribution in [0.5, 0.6) is 0 Å². The van der Waals surface area contributed by atoms with Gasteiger partial charge in [0.1, 0.15) is 0 Å². The van der Waals surface area contributed by atoms with Crippen LogP contribution in [0.15, 0.2) is 48.5 Å².